The molecular weight excluding hydrogens is 218 g/mol. The maximum atomic E-state index is 12.2. The van der Waals surface area contributed by atoms with Gasteiger partial charge in [-0.3, -0.25) is 9.48 Å². The average molecular weight is 239 g/mol. The van der Waals surface area contributed by atoms with Crippen LogP contribution in [0.2, 0.25) is 0 Å². The van der Waals surface area contributed by atoms with E-state index in [1.807, 2.05) is 27.7 Å². The zero-order chi connectivity index (χ0) is 13.0. The molecule has 0 fully saturated rings. The highest BCUT2D eigenvalue weighted by atomic mass is 16.3. The van der Waals surface area contributed by atoms with Crippen molar-refractivity contribution in [3.05, 3.63) is 18.0 Å². The topological polar surface area (TPSA) is 58.4 Å². The molecule has 0 spiro atoms. The Morgan fingerprint density at radius 3 is 2.59 bits per heavy atom. The predicted octanol–water partition coefficient (Wildman–Crippen LogP) is 1.31. The van der Waals surface area contributed by atoms with Crippen LogP contribution in [0.25, 0.3) is 0 Å². The summed E-state index contributed by atoms with van der Waals surface area (Å²) < 4.78 is 1.75. The van der Waals surface area contributed by atoms with Gasteiger partial charge in [0.05, 0.1) is 24.4 Å². The first-order chi connectivity index (χ1) is 8.01. The van der Waals surface area contributed by atoms with Crippen molar-refractivity contribution >= 4 is 5.91 Å². The second-order valence-corrected chi connectivity index (χ2v) is 4.43. The molecule has 1 aromatic heterocycles. The third kappa shape index (κ3) is 3.06. The van der Waals surface area contributed by atoms with E-state index < -0.39 is 0 Å². The molecule has 1 amide bonds. The van der Waals surface area contributed by atoms with Crippen LogP contribution in [0.3, 0.4) is 0 Å². The van der Waals surface area contributed by atoms with Crippen molar-refractivity contribution < 1.29 is 9.90 Å². The molecule has 0 aliphatic heterocycles. The Labute approximate surface area is 102 Å². The molecule has 0 bridgehead atoms. The van der Waals surface area contributed by atoms with Gasteiger partial charge in [-0.05, 0) is 27.7 Å². The molecule has 1 N–H and O–H groups in total. The first-order valence-corrected chi connectivity index (χ1v) is 5.97. The summed E-state index contributed by atoms with van der Waals surface area (Å²) in [5.41, 5.74) is 0.570. The number of rotatable bonds is 5. The van der Waals surface area contributed by atoms with Crippen LogP contribution in [-0.2, 0) is 0 Å². The highest BCUT2D eigenvalue weighted by Crippen LogP contribution is 2.10. The lowest BCUT2D eigenvalue weighted by Gasteiger charge is -2.25. The van der Waals surface area contributed by atoms with Crippen LogP contribution in [0, 0.1) is 0 Å². The second-order valence-electron chi connectivity index (χ2n) is 4.43. The molecule has 0 aromatic carbocycles. The third-order valence-corrected chi connectivity index (χ3v) is 2.78. The molecule has 1 atom stereocenters. The molecule has 0 aliphatic carbocycles. The SMILES string of the molecule is CCN(C(=O)c1cnn(C(C)C)c1)[C@@H](C)CO. The Kier molecular flexibility index (Phi) is 4.69. The van der Waals surface area contributed by atoms with E-state index in [9.17, 15) is 4.79 Å². The Balaban J connectivity index is 2.86. The fourth-order valence-corrected chi connectivity index (χ4v) is 1.65. The maximum absolute atomic E-state index is 12.2. The quantitative estimate of drug-likeness (QED) is 0.842. The van der Waals surface area contributed by atoms with Gasteiger partial charge in [0.2, 0.25) is 0 Å². The molecule has 17 heavy (non-hydrogen) atoms. The van der Waals surface area contributed by atoms with Crippen molar-refractivity contribution in [2.24, 2.45) is 0 Å². The van der Waals surface area contributed by atoms with Crippen LogP contribution in [-0.4, -0.2) is 44.9 Å². The monoisotopic (exact) mass is 239 g/mol. The van der Waals surface area contributed by atoms with E-state index in [-0.39, 0.29) is 24.6 Å². The Morgan fingerprint density at radius 2 is 2.18 bits per heavy atom. The summed E-state index contributed by atoms with van der Waals surface area (Å²) >= 11 is 0. The van der Waals surface area contributed by atoms with E-state index in [1.165, 1.54) is 0 Å². The molecule has 1 heterocycles. The molecule has 96 valence electrons. The van der Waals surface area contributed by atoms with Gasteiger partial charge in [0.25, 0.3) is 5.91 Å². The number of hydrogen-bond acceptors (Lipinski definition) is 3. The maximum Gasteiger partial charge on any atom is 0.257 e. The molecule has 0 aliphatic rings. The van der Waals surface area contributed by atoms with Crippen molar-refractivity contribution in [1.29, 1.82) is 0 Å². The van der Waals surface area contributed by atoms with E-state index in [4.69, 9.17) is 5.11 Å². The number of aliphatic hydroxyl groups is 1. The summed E-state index contributed by atoms with van der Waals surface area (Å²) in [5.74, 6) is -0.0825. The molecule has 0 unspecified atom stereocenters. The smallest absolute Gasteiger partial charge is 0.257 e. The lowest BCUT2D eigenvalue weighted by molar-refractivity contribution is 0.0632. The van der Waals surface area contributed by atoms with Crippen molar-refractivity contribution in [3.8, 4) is 0 Å². The van der Waals surface area contributed by atoms with E-state index >= 15 is 0 Å². The van der Waals surface area contributed by atoms with Gasteiger partial charge in [0.15, 0.2) is 0 Å². The molecular formula is C12H21N3O2. The summed E-state index contributed by atoms with van der Waals surface area (Å²) in [7, 11) is 0. The van der Waals surface area contributed by atoms with Crippen molar-refractivity contribution in [3.63, 3.8) is 0 Å². The summed E-state index contributed by atoms with van der Waals surface area (Å²) in [5, 5.41) is 13.3. The predicted molar refractivity (Wildman–Crippen MR) is 65.9 cm³/mol. The number of nitrogens with zero attached hydrogens (tertiary/aromatic N) is 3. The van der Waals surface area contributed by atoms with Gasteiger partial charge in [-0.25, -0.2) is 0 Å². The highest BCUT2D eigenvalue weighted by molar-refractivity contribution is 5.93. The molecule has 0 saturated heterocycles. The summed E-state index contributed by atoms with van der Waals surface area (Å²) in [6.07, 6.45) is 3.33. The molecule has 1 rings (SSSR count). The van der Waals surface area contributed by atoms with Gasteiger partial charge in [0.1, 0.15) is 0 Å². The molecule has 0 saturated carbocycles. The summed E-state index contributed by atoms with van der Waals surface area (Å²) in [4.78, 5) is 13.8. The molecule has 0 radical (unpaired) electrons. The number of amides is 1. The number of carbonyl (C=O) groups is 1. The Morgan fingerprint density at radius 1 is 1.53 bits per heavy atom. The second kappa shape index (κ2) is 5.82. The van der Waals surface area contributed by atoms with Crippen molar-refractivity contribution in [1.82, 2.24) is 14.7 Å². The summed E-state index contributed by atoms with van der Waals surface area (Å²) in [6, 6.07) is 0.0665. The fourth-order valence-electron chi connectivity index (χ4n) is 1.65. The number of carbonyl (C=O) groups excluding carboxylic acids is 1. The van der Waals surface area contributed by atoms with Gasteiger partial charge >= 0.3 is 0 Å². The molecule has 5 heteroatoms. The average Bonchev–Trinajstić information content (AvgIpc) is 2.78. The van der Waals surface area contributed by atoms with Crippen LogP contribution in [0.15, 0.2) is 12.4 Å². The van der Waals surface area contributed by atoms with Gasteiger partial charge in [-0.2, -0.15) is 5.10 Å². The van der Waals surface area contributed by atoms with Gasteiger partial charge in [0, 0.05) is 18.8 Å². The number of aliphatic hydroxyl groups excluding tert-OH is 1. The largest absolute Gasteiger partial charge is 0.394 e. The zero-order valence-corrected chi connectivity index (χ0v) is 10.9. The lowest BCUT2D eigenvalue weighted by atomic mass is 10.2. The Bertz CT molecular complexity index is 374. The van der Waals surface area contributed by atoms with E-state index in [2.05, 4.69) is 5.10 Å². The summed E-state index contributed by atoms with van der Waals surface area (Å²) in [6.45, 7) is 8.29. The van der Waals surface area contributed by atoms with Crippen LogP contribution in [0.4, 0.5) is 0 Å². The zero-order valence-electron chi connectivity index (χ0n) is 10.9. The van der Waals surface area contributed by atoms with Gasteiger partial charge < -0.3 is 10.0 Å². The van der Waals surface area contributed by atoms with E-state index in [0.29, 0.717) is 12.1 Å². The highest BCUT2D eigenvalue weighted by Gasteiger charge is 2.20. The number of aromatic nitrogens is 2. The van der Waals surface area contributed by atoms with Crippen LogP contribution >= 0.6 is 0 Å². The first kappa shape index (κ1) is 13.7. The van der Waals surface area contributed by atoms with Crippen LogP contribution in [0.1, 0.15) is 44.1 Å². The minimum Gasteiger partial charge on any atom is -0.394 e. The van der Waals surface area contributed by atoms with Crippen LogP contribution < -0.4 is 0 Å². The van der Waals surface area contributed by atoms with Crippen molar-refractivity contribution in [2.45, 2.75) is 39.8 Å². The van der Waals surface area contributed by atoms with E-state index in [1.54, 1.807) is 22.0 Å². The first-order valence-electron chi connectivity index (χ1n) is 5.97. The number of likely N-dealkylation sites (N-methyl/N-ethyl adjacent to an activating group) is 1. The number of hydrogen-bond donors (Lipinski definition) is 1. The van der Waals surface area contributed by atoms with Crippen LogP contribution in [0.5, 0.6) is 0 Å². The normalized spacial score (nSPS) is 12.8. The van der Waals surface area contributed by atoms with Gasteiger partial charge in [-0.15, -0.1) is 0 Å². The lowest BCUT2D eigenvalue weighted by Crippen LogP contribution is -2.40. The minimum absolute atomic E-state index is 0.0299. The Hall–Kier alpha value is -1.36. The fraction of sp³-hybridized carbons (Fsp3) is 0.667. The van der Waals surface area contributed by atoms with E-state index in [0.717, 1.165) is 0 Å². The molecule has 5 nitrogen and oxygen atoms in total. The van der Waals surface area contributed by atoms with Crippen molar-refractivity contribution in [2.75, 3.05) is 13.2 Å². The minimum atomic E-state index is -0.171. The van der Waals surface area contributed by atoms with Gasteiger partial charge in [-0.1, -0.05) is 0 Å². The molecule has 1 aromatic rings. The standard InChI is InChI=1S/C12H21N3O2/c1-5-14(10(4)8-16)12(17)11-6-13-15(7-11)9(2)3/h6-7,9-10,16H,5,8H2,1-4H3/t10-/m0/s1. The third-order valence-electron chi connectivity index (χ3n) is 2.78.